The molecule has 0 atom stereocenters. The number of hydrogen-bond donors (Lipinski definition) is 0. The van der Waals surface area contributed by atoms with Crippen molar-refractivity contribution in [2.75, 3.05) is 10.8 Å². The van der Waals surface area contributed by atoms with Gasteiger partial charge >= 0.3 is 0 Å². The third kappa shape index (κ3) is 3.02. The van der Waals surface area contributed by atoms with Crippen LogP contribution in [0.5, 0.6) is 0 Å². The fourth-order valence-corrected chi connectivity index (χ4v) is 3.94. The monoisotopic (exact) mass is 357 g/mol. The second-order valence-electron chi connectivity index (χ2n) is 4.11. The van der Waals surface area contributed by atoms with E-state index in [0.29, 0.717) is 10.2 Å². The van der Waals surface area contributed by atoms with Crippen LogP contribution in [0.3, 0.4) is 0 Å². The van der Waals surface area contributed by atoms with Crippen LogP contribution in [0.4, 0.5) is 10.1 Å². The van der Waals surface area contributed by atoms with Crippen LogP contribution in [0, 0.1) is 5.82 Å². The quantitative estimate of drug-likeness (QED) is 0.834. The van der Waals surface area contributed by atoms with Crippen LogP contribution in [0.1, 0.15) is 6.92 Å². The lowest BCUT2D eigenvalue weighted by Gasteiger charge is -2.23. The zero-order valence-electron chi connectivity index (χ0n) is 10.8. The van der Waals surface area contributed by atoms with Gasteiger partial charge in [-0.2, -0.15) is 0 Å². The lowest BCUT2D eigenvalue weighted by atomic mass is 10.3. The molecule has 2 aromatic carbocycles. The van der Waals surface area contributed by atoms with Crippen LogP contribution in [0.15, 0.2) is 57.9 Å². The Bertz CT molecular complexity index is 719. The topological polar surface area (TPSA) is 37.4 Å². The first-order valence-corrected chi connectivity index (χ1v) is 8.22. The van der Waals surface area contributed by atoms with E-state index in [0.717, 1.165) is 0 Å². The Morgan fingerprint density at radius 1 is 1.15 bits per heavy atom. The zero-order valence-corrected chi connectivity index (χ0v) is 13.2. The predicted molar refractivity (Wildman–Crippen MR) is 80.7 cm³/mol. The molecule has 2 rings (SSSR count). The molecule has 0 saturated heterocycles. The highest BCUT2D eigenvalue weighted by molar-refractivity contribution is 9.10. The molecule has 0 saturated carbocycles. The van der Waals surface area contributed by atoms with Gasteiger partial charge in [0.15, 0.2) is 0 Å². The molecule has 0 unspecified atom stereocenters. The van der Waals surface area contributed by atoms with E-state index in [-0.39, 0.29) is 11.4 Å². The predicted octanol–water partition coefficient (Wildman–Crippen LogP) is 3.80. The first kappa shape index (κ1) is 15.0. The summed E-state index contributed by atoms with van der Waals surface area (Å²) in [5.41, 5.74) is 0.312. The van der Waals surface area contributed by atoms with Gasteiger partial charge in [-0.3, -0.25) is 4.31 Å². The van der Waals surface area contributed by atoms with Crippen LogP contribution in [-0.2, 0) is 10.0 Å². The number of sulfonamides is 1. The maximum atomic E-state index is 13.3. The first-order chi connectivity index (χ1) is 9.45. The zero-order chi connectivity index (χ0) is 14.8. The van der Waals surface area contributed by atoms with Crippen molar-refractivity contribution < 1.29 is 12.8 Å². The highest BCUT2D eigenvalue weighted by atomic mass is 79.9. The largest absolute Gasteiger partial charge is 0.267 e. The van der Waals surface area contributed by atoms with Crippen molar-refractivity contribution >= 4 is 31.6 Å². The molecule has 0 amide bonds. The van der Waals surface area contributed by atoms with Crippen LogP contribution in [-0.4, -0.2) is 15.0 Å². The molecule has 0 aromatic heterocycles. The molecule has 0 bridgehead atoms. The third-order valence-corrected chi connectivity index (χ3v) is 5.16. The van der Waals surface area contributed by atoms with Gasteiger partial charge in [-0.25, -0.2) is 12.8 Å². The summed E-state index contributed by atoms with van der Waals surface area (Å²) in [7, 11) is -3.71. The molecule has 0 fully saturated rings. The summed E-state index contributed by atoms with van der Waals surface area (Å²) in [5, 5.41) is 0. The fourth-order valence-electron chi connectivity index (χ4n) is 1.88. The Labute approximate surface area is 126 Å². The molecule has 0 radical (unpaired) electrons. The summed E-state index contributed by atoms with van der Waals surface area (Å²) >= 11 is 3.25. The van der Waals surface area contributed by atoms with Gasteiger partial charge in [0.2, 0.25) is 0 Å². The Morgan fingerprint density at radius 3 is 2.45 bits per heavy atom. The van der Waals surface area contributed by atoms with Crippen molar-refractivity contribution in [2.45, 2.75) is 11.8 Å². The van der Waals surface area contributed by atoms with Crippen molar-refractivity contribution in [1.29, 1.82) is 0 Å². The van der Waals surface area contributed by atoms with E-state index >= 15 is 0 Å². The molecule has 0 aliphatic carbocycles. The molecule has 0 aliphatic heterocycles. The number of halogens is 2. The van der Waals surface area contributed by atoms with Gasteiger partial charge in [0.05, 0.1) is 10.6 Å². The summed E-state index contributed by atoms with van der Waals surface area (Å²) in [6.45, 7) is 1.93. The lowest BCUT2D eigenvalue weighted by molar-refractivity contribution is 0.591. The van der Waals surface area contributed by atoms with Crippen LogP contribution in [0.25, 0.3) is 0 Å². The highest BCUT2D eigenvalue weighted by Gasteiger charge is 2.23. The summed E-state index contributed by atoms with van der Waals surface area (Å²) in [4.78, 5) is 0.165. The van der Waals surface area contributed by atoms with E-state index in [1.807, 2.05) is 0 Å². The SMILES string of the molecule is CCN(c1cccc(F)c1)S(=O)(=O)c1cccc(Br)c1. The molecule has 0 aliphatic rings. The second kappa shape index (κ2) is 5.93. The fraction of sp³-hybridized carbons (Fsp3) is 0.143. The molecule has 0 heterocycles. The van der Waals surface area contributed by atoms with Crippen molar-refractivity contribution in [3.8, 4) is 0 Å². The van der Waals surface area contributed by atoms with Crippen LogP contribution >= 0.6 is 15.9 Å². The standard InChI is InChI=1S/C14H13BrFNO2S/c1-2-17(13-7-4-6-12(16)10-13)20(18,19)14-8-3-5-11(15)9-14/h3-10H,2H2,1H3. The summed E-state index contributed by atoms with van der Waals surface area (Å²) in [5.74, 6) is -0.467. The molecule has 6 heteroatoms. The van der Waals surface area contributed by atoms with Gasteiger partial charge in [0.1, 0.15) is 5.82 Å². The number of nitrogens with zero attached hydrogens (tertiary/aromatic N) is 1. The summed E-state index contributed by atoms with van der Waals surface area (Å²) in [6.07, 6.45) is 0. The lowest BCUT2D eigenvalue weighted by Crippen LogP contribution is -2.30. The molecule has 3 nitrogen and oxygen atoms in total. The Morgan fingerprint density at radius 2 is 1.85 bits per heavy atom. The van der Waals surface area contributed by atoms with E-state index in [9.17, 15) is 12.8 Å². The van der Waals surface area contributed by atoms with Crippen LogP contribution < -0.4 is 4.31 Å². The maximum absolute atomic E-state index is 13.3. The van der Waals surface area contributed by atoms with Gasteiger partial charge in [-0.15, -0.1) is 0 Å². The number of hydrogen-bond acceptors (Lipinski definition) is 2. The van der Waals surface area contributed by atoms with E-state index in [1.165, 1.54) is 34.6 Å². The Hall–Kier alpha value is -1.40. The Kier molecular flexibility index (Phi) is 4.45. The van der Waals surface area contributed by atoms with Gasteiger partial charge in [0.25, 0.3) is 10.0 Å². The van der Waals surface area contributed by atoms with E-state index in [2.05, 4.69) is 15.9 Å². The molecular weight excluding hydrogens is 345 g/mol. The van der Waals surface area contributed by atoms with Gasteiger partial charge in [0, 0.05) is 11.0 Å². The smallest absolute Gasteiger partial charge is 0.264 e. The first-order valence-electron chi connectivity index (χ1n) is 5.99. The van der Waals surface area contributed by atoms with Gasteiger partial charge in [-0.05, 0) is 43.3 Å². The van der Waals surface area contributed by atoms with E-state index in [1.54, 1.807) is 25.1 Å². The Balaban J connectivity index is 2.50. The molecular formula is C14H13BrFNO2S. The molecule has 20 heavy (non-hydrogen) atoms. The third-order valence-electron chi connectivity index (χ3n) is 2.77. The molecule has 0 spiro atoms. The second-order valence-corrected chi connectivity index (χ2v) is 6.89. The van der Waals surface area contributed by atoms with E-state index in [4.69, 9.17) is 0 Å². The van der Waals surface area contributed by atoms with E-state index < -0.39 is 15.8 Å². The van der Waals surface area contributed by atoms with Gasteiger partial charge in [-0.1, -0.05) is 28.1 Å². The van der Waals surface area contributed by atoms with Crippen molar-refractivity contribution in [1.82, 2.24) is 0 Å². The minimum absolute atomic E-state index is 0.165. The molecule has 0 N–H and O–H groups in total. The average Bonchev–Trinajstić information content (AvgIpc) is 2.39. The number of benzene rings is 2. The average molecular weight is 358 g/mol. The highest BCUT2D eigenvalue weighted by Crippen LogP contribution is 2.25. The van der Waals surface area contributed by atoms with Crippen molar-refractivity contribution in [3.05, 3.63) is 58.8 Å². The molecule has 2 aromatic rings. The number of anilines is 1. The number of rotatable bonds is 4. The normalized spacial score (nSPS) is 11.3. The van der Waals surface area contributed by atoms with Gasteiger partial charge < -0.3 is 0 Å². The van der Waals surface area contributed by atoms with Crippen LogP contribution in [0.2, 0.25) is 0 Å². The molecule has 106 valence electrons. The van der Waals surface area contributed by atoms with Crippen molar-refractivity contribution in [3.63, 3.8) is 0 Å². The minimum Gasteiger partial charge on any atom is -0.267 e. The minimum atomic E-state index is -3.71. The summed E-state index contributed by atoms with van der Waals surface area (Å²) < 4.78 is 40.4. The summed E-state index contributed by atoms with van der Waals surface area (Å²) in [6, 6.07) is 12.0. The van der Waals surface area contributed by atoms with Crippen molar-refractivity contribution in [2.24, 2.45) is 0 Å². The maximum Gasteiger partial charge on any atom is 0.264 e.